The van der Waals surface area contributed by atoms with Crippen molar-refractivity contribution in [3.05, 3.63) is 18.0 Å². The van der Waals surface area contributed by atoms with Crippen LogP contribution in [0.15, 0.2) is 17.2 Å². The van der Waals surface area contributed by atoms with Crippen LogP contribution in [-0.2, 0) is 23.6 Å². The molecule has 2 rings (SSSR count). The molecule has 1 heterocycles. The first-order chi connectivity index (χ1) is 9.92. The molecule has 0 aromatic carbocycles. The summed E-state index contributed by atoms with van der Waals surface area (Å²) in [6.45, 7) is 4.81. The molecule has 1 aliphatic rings. The van der Waals surface area contributed by atoms with Crippen LogP contribution < -0.4 is 10.0 Å². The average Bonchev–Trinajstić information content (AvgIpc) is 3.18. The third-order valence-corrected chi connectivity index (χ3v) is 5.30. The molecule has 0 atom stereocenters. The number of hydrogen-bond donors (Lipinski definition) is 2. The van der Waals surface area contributed by atoms with E-state index in [2.05, 4.69) is 14.9 Å². The zero-order valence-electron chi connectivity index (χ0n) is 13.1. The van der Waals surface area contributed by atoms with Gasteiger partial charge in [0.2, 0.25) is 10.0 Å². The maximum atomic E-state index is 12.3. The Labute approximate surface area is 127 Å². The van der Waals surface area contributed by atoms with E-state index in [-0.39, 0.29) is 0 Å². The summed E-state index contributed by atoms with van der Waals surface area (Å²) in [6.07, 6.45) is 4.12. The molecule has 1 saturated carbocycles. The minimum absolute atomic E-state index is 0.344. The third kappa shape index (κ3) is 4.81. The van der Waals surface area contributed by atoms with Gasteiger partial charge in [0.05, 0.1) is 4.90 Å². The molecule has 1 aliphatic carbocycles. The van der Waals surface area contributed by atoms with Gasteiger partial charge >= 0.3 is 0 Å². The summed E-state index contributed by atoms with van der Waals surface area (Å²) in [5.74, 6) is 0. The molecule has 2 N–H and O–H groups in total. The van der Waals surface area contributed by atoms with Gasteiger partial charge in [0, 0.05) is 44.6 Å². The number of nitrogens with zero attached hydrogens (tertiary/aromatic N) is 2. The van der Waals surface area contributed by atoms with Crippen LogP contribution in [0.2, 0.25) is 0 Å². The van der Waals surface area contributed by atoms with Crippen molar-refractivity contribution in [3.63, 3.8) is 0 Å². The van der Waals surface area contributed by atoms with Gasteiger partial charge in [-0.1, -0.05) is 6.92 Å². The Kier molecular flexibility index (Phi) is 5.43. The van der Waals surface area contributed by atoms with Crippen molar-refractivity contribution in [2.75, 3.05) is 26.7 Å². The van der Waals surface area contributed by atoms with Gasteiger partial charge in [-0.25, -0.2) is 13.1 Å². The van der Waals surface area contributed by atoms with Crippen LogP contribution in [0.1, 0.15) is 25.5 Å². The van der Waals surface area contributed by atoms with E-state index in [0.717, 1.165) is 18.8 Å². The van der Waals surface area contributed by atoms with Crippen molar-refractivity contribution in [1.29, 1.82) is 0 Å². The molecule has 1 fully saturated rings. The quantitative estimate of drug-likeness (QED) is 0.697. The highest BCUT2D eigenvalue weighted by Gasteiger charge is 2.22. The smallest absolute Gasteiger partial charge is 0.242 e. The normalized spacial score (nSPS) is 15.8. The van der Waals surface area contributed by atoms with Crippen LogP contribution in [0.4, 0.5) is 0 Å². The molecule has 0 aliphatic heterocycles. The zero-order chi connectivity index (χ0) is 15.5. The molecule has 120 valence electrons. The van der Waals surface area contributed by atoms with E-state index in [9.17, 15) is 8.42 Å². The molecule has 0 radical (unpaired) electrons. The van der Waals surface area contributed by atoms with Crippen molar-refractivity contribution >= 4 is 10.0 Å². The molecule has 0 amide bonds. The van der Waals surface area contributed by atoms with Crippen LogP contribution in [0.5, 0.6) is 0 Å². The Morgan fingerprint density at radius 2 is 2.14 bits per heavy atom. The van der Waals surface area contributed by atoms with E-state index in [1.54, 1.807) is 12.3 Å². The van der Waals surface area contributed by atoms with Gasteiger partial charge < -0.3 is 14.8 Å². The Morgan fingerprint density at radius 1 is 1.43 bits per heavy atom. The van der Waals surface area contributed by atoms with Gasteiger partial charge in [0.25, 0.3) is 0 Å². The first kappa shape index (κ1) is 16.5. The SMILES string of the molecule is CCN(C)CCNS(=O)(=O)c1cc(CNC2CC2)n(C)c1. The standard InChI is InChI=1S/C14H26N4O2S/c1-4-17(2)8-7-16-21(19,20)14-9-13(18(3)11-14)10-15-12-5-6-12/h9,11-12,15-16H,4-8,10H2,1-3H3. The van der Waals surface area contributed by atoms with Crippen molar-refractivity contribution in [2.24, 2.45) is 7.05 Å². The molecule has 21 heavy (non-hydrogen) atoms. The lowest BCUT2D eigenvalue weighted by molar-refractivity contribution is 0.358. The maximum absolute atomic E-state index is 12.3. The first-order valence-electron chi connectivity index (χ1n) is 7.49. The van der Waals surface area contributed by atoms with Crippen LogP contribution in [0, 0.1) is 0 Å². The van der Waals surface area contributed by atoms with Gasteiger partial charge in [-0.2, -0.15) is 0 Å². The van der Waals surface area contributed by atoms with E-state index in [1.165, 1.54) is 12.8 Å². The van der Waals surface area contributed by atoms with Crippen molar-refractivity contribution < 1.29 is 8.42 Å². The summed E-state index contributed by atoms with van der Waals surface area (Å²) in [6, 6.07) is 2.36. The number of hydrogen-bond acceptors (Lipinski definition) is 4. The zero-order valence-corrected chi connectivity index (χ0v) is 13.9. The number of likely N-dealkylation sites (N-methyl/N-ethyl adjacent to an activating group) is 1. The second-order valence-electron chi connectivity index (χ2n) is 5.73. The lowest BCUT2D eigenvalue weighted by Gasteiger charge is -2.13. The fraction of sp³-hybridized carbons (Fsp3) is 0.714. The second-order valence-corrected chi connectivity index (χ2v) is 7.49. The summed E-state index contributed by atoms with van der Waals surface area (Å²) in [7, 11) is 0.439. The monoisotopic (exact) mass is 314 g/mol. The third-order valence-electron chi connectivity index (χ3n) is 3.87. The Morgan fingerprint density at radius 3 is 2.76 bits per heavy atom. The molecule has 0 saturated heterocycles. The van der Waals surface area contributed by atoms with Gasteiger partial charge in [0.1, 0.15) is 0 Å². The van der Waals surface area contributed by atoms with Crippen LogP contribution in [0.3, 0.4) is 0 Å². The number of aromatic nitrogens is 1. The van der Waals surface area contributed by atoms with E-state index in [0.29, 0.717) is 24.0 Å². The lowest BCUT2D eigenvalue weighted by Crippen LogP contribution is -2.32. The van der Waals surface area contributed by atoms with Gasteiger partial charge in [-0.3, -0.25) is 0 Å². The fourth-order valence-electron chi connectivity index (χ4n) is 2.05. The first-order valence-corrected chi connectivity index (χ1v) is 8.97. The van der Waals surface area contributed by atoms with E-state index >= 15 is 0 Å². The van der Waals surface area contributed by atoms with Gasteiger partial charge in [0.15, 0.2) is 0 Å². The van der Waals surface area contributed by atoms with Crippen molar-refractivity contribution in [2.45, 2.75) is 37.2 Å². The van der Waals surface area contributed by atoms with Crippen molar-refractivity contribution in [1.82, 2.24) is 19.5 Å². The minimum atomic E-state index is -3.41. The molecular weight excluding hydrogens is 288 g/mol. The number of sulfonamides is 1. The average molecular weight is 314 g/mol. The van der Waals surface area contributed by atoms with Crippen LogP contribution in [-0.4, -0.2) is 50.6 Å². The number of aryl methyl sites for hydroxylation is 1. The van der Waals surface area contributed by atoms with E-state index in [1.807, 2.05) is 25.6 Å². The van der Waals surface area contributed by atoms with Gasteiger partial charge in [-0.15, -0.1) is 0 Å². The summed E-state index contributed by atoms with van der Waals surface area (Å²) in [5.41, 5.74) is 0.993. The highest BCUT2D eigenvalue weighted by molar-refractivity contribution is 7.89. The van der Waals surface area contributed by atoms with Crippen molar-refractivity contribution in [3.8, 4) is 0 Å². The molecule has 1 aromatic rings. The Balaban J connectivity index is 1.93. The largest absolute Gasteiger partial charge is 0.352 e. The maximum Gasteiger partial charge on any atom is 0.242 e. The predicted octanol–water partition coefficient (Wildman–Crippen LogP) is 0.507. The van der Waals surface area contributed by atoms with Crippen LogP contribution in [0.25, 0.3) is 0 Å². The fourth-order valence-corrected chi connectivity index (χ4v) is 3.16. The summed E-state index contributed by atoms with van der Waals surface area (Å²) in [5, 5.41) is 3.40. The Hall–Kier alpha value is -0.890. The van der Waals surface area contributed by atoms with Crippen LogP contribution >= 0.6 is 0 Å². The summed E-state index contributed by atoms with van der Waals surface area (Å²) in [4.78, 5) is 2.41. The molecule has 1 aromatic heterocycles. The summed E-state index contributed by atoms with van der Waals surface area (Å²) >= 11 is 0. The summed E-state index contributed by atoms with van der Waals surface area (Å²) < 4.78 is 29.0. The minimum Gasteiger partial charge on any atom is -0.352 e. The molecule has 6 nitrogen and oxygen atoms in total. The second kappa shape index (κ2) is 6.91. The number of nitrogens with one attached hydrogen (secondary N) is 2. The molecule has 0 unspecified atom stereocenters. The molecule has 7 heteroatoms. The highest BCUT2D eigenvalue weighted by Crippen LogP contribution is 2.20. The van der Waals surface area contributed by atoms with Gasteiger partial charge in [-0.05, 0) is 32.5 Å². The number of rotatable bonds is 9. The van der Waals surface area contributed by atoms with E-state index < -0.39 is 10.0 Å². The topological polar surface area (TPSA) is 66.4 Å². The van der Waals surface area contributed by atoms with E-state index in [4.69, 9.17) is 0 Å². The Bertz CT molecular complexity index is 564. The molecule has 0 bridgehead atoms. The lowest BCUT2D eigenvalue weighted by atomic mass is 10.4. The predicted molar refractivity (Wildman–Crippen MR) is 83.6 cm³/mol. The highest BCUT2D eigenvalue weighted by atomic mass is 32.2. The molecular formula is C14H26N4O2S. The molecule has 0 spiro atoms.